The highest BCUT2D eigenvalue weighted by Crippen LogP contribution is 2.26. The van der Waals surface area contributed by atoms with Gasteiger partial charge in [0.05, 0.1) is 17.7 Å². The van der Waals surface area contributed by atoms with E-state index < -0.39 is 0 Å². The number of ether oxygens (including phenoxy) is 1. The minimum atomic E-state index is 0.275. The van der Waals surface area contributed by atoms with Crippen molar-refractivity contribution in [1.29, 1.82) is 0 Å². The first-order valence-corrected chi connectivity index (χ1v) is 7.44. The number of rotatable bonds is 4. The predicted octanol–water partition coefficient (Wildman–Crippen LogP) is 3.65. The second-order valence-electron chi connectivity index (χ2n) is 5.09. The molecule has 1 aliphatic rings. The van der Waals surface area contributed by atoms with E-state index in [2.05, 4.69) is 22.2 Å². The van der Waals surface area contributed by atoms with Gasteiger partial charge in [0.1, 0.15) is 12.1 Å². The van der Waals surface area contributed by atoms with Crippen molar-refractivity contribution in [1.82, 2.24) is 9.97 Å². The van der Waals surface area contributed by atoms with E-state index in [1.54, 1.807) is 6.33 Å². The minimum absolute atomic E-state index is 0.275. The molecule has 0 saturated carbocycles. The summed E-state index contributed by atoms with van der Waals surface area (Å²) in [5.41, 5.74) is 0.859. The summed E-state index contributed by atoms with van der Waals surface area (Å²) in [6, 6.07) is 5.97. The van der Waals surface area contributed by atoms with Gasteiger partial charge in [0, 0.05) is 17.0 Å². The molecule has 2 aromatic rings. The van der Waals surface area contributed by atoms with Crippen LogP contribution in [0.15, 0.2) is 24.5 Å². The fourth-order valence-electron chi connectivity index (χ4n) is 2.70. The van der Waals surface area contributed by atoms with E-state index in [1.807, 2.05) is 18.2 Å². The summed E-state index contributed by atoms with van der Waals surface area (Å²) in [5.74, 6) is 0.856. The number of hydrogen-bond acceptors (Lipinski definition) is 4. The fraction of sp³-hybridized carbons (Fsp3) is 0.467. The highest BCUT2D eigenvalue weighted by molar-refractivity contribution is 6.31. The van der Waals surface area contributed by atoms with E-state index in [0.29, 0.717) is 5.02 Å². The average molecular weight is 292 g/mol. The zero-order chi connectivity index (χ0) is 13.9. The predicted molar refractivity (Wildman–Crippen MR) is 81.2 cm³/mol. The Morgan fingerprint density at radius 3 is 3.10 bits per heavy atom. The maximum absolute atomic E-state index is 6.01. The first kappa shape index (κ1) is 13.6. The van der Waals surface area contributed by atoms with Crippen LogP contribution < -0.4 is 5.32 Å². The molecule has 1 fully saturated rings. The van der Waals surface area contributed by atoms with Crippen molar-refractivity contribution in [3.63, 3.8) is 0 Å². The molecule has 106 valence electrons. The monoisotopic (exact) mass is 291 g/mol. The normalized spacial score (nSPS) is 20.2. The number of anilines is 1. The number of aromatic nitrogens is 2. The van der Waals surface area contributed by atoms with Crippen LogP contribution in [0.3, 0.4) is 0 Å². The maximum Gasteiger partial charge on any atom is 0.137 e. The molecular formula is C15H18ClN3O. The van der Waals surface area contributed by atoms with Crippen LogP contribution in [0.5, 0.6) is 0 Å². The third-order valence-corrected chi connectivity index (χ3v) is 4.01. The number of halogens is 1. The Hall–Kier alpha value is -1.39. The standard InChI is InChI=1S/C15H18ClN3O/c1-2-12(14-4-3-7-20-14)19-15-11-6-5-10(16)8-13(11)17-9-18-15/h5-6,8-9,12,14H,2-4,7H2,1H3,(H,17,18,19). The molecule has 2 heterocycles. The minimum Gasteiger partial charge on any atom is -0.376 e. The molecule has 20 heavy (non-hydrogen) atoms. The summed E-state index contributed by atoms with van der Waals surface area (Å²) >= 11 is 6.01. The van der Waals surface area contributed by atoms with Crippen molar-refractivity contribution in [2.45, 2.75) is 38.3 Å². The lowest BCUT2D eigenvalue weighted by Crippen LogP contribution is -2.32. The van der Waals surface area contributed by atoms with Crippen LogP contribution in [0.2, 0.25) is 5.02 Å². The molecular weight excluding hydrogens is 274 g/mol. The zero-order valence-corrected chi connectivity index (χ0v) is 12.2. The zero-order valence-electron chi connectivity index (χ0n) is 11.5. The number of hydrogen-bond donors (Lipinski definition) is 1. The van der Waals surface area contributed by atoms with E-state index in [1.165, 1.54) is 0 Å². The van der Waals surface area contributed by atoms with Gasteiger partial charge in [-0.05, 0) is 37.5 Å². The van der Waals surface area contributed by atoms with Crippen molar-refractivity contribution >= 4 is 28.3 Å². The third-order valence-electron chi connectivity index (χ3n) is 3.77. The Labute approximate surface area is 123 Å². The van der Waals surface area contributed by atoms with Crippen molar-refractivity contribution < 1.29 is 4.74 Å². The number of nitrogens with zero attached hydrogens (tertiary/aromatic N) is 2. The van der Waals surface area contributed by atoms with Gasteiger partial charge in [0.15, 0.2) is 0 Å². The summed E-state index contributed by atoms with van der Waals surface area (Å²) in [6.45, 7) is 3.03. The Morgan fingerprint density at radius 1 is 1.45 bits per heavy atom. The molecule has 1 saturated heterocycles. The van der Waals surface area contributed by atoms with Gasteiger partial charge in [-0.25, -0.2) is 9.97 Å². The number of fused-ring (bicyclic) bond motifs is 1. The Kier molecular flexibility index (Phi) is 4.03. The lowest BCUT2D eigenvalue weighted by atomic mass is 10.1. The van der Waals surface area contributed by atoms with E-state index in [4.69, 9.17) is 16.3 Å². The van der Waals surface area contributed by atoms with Crippen LogP contribution in [0.25, 0.3) is 10.9 Å². The van der Waals surface area contributed by atoms with Crippen LogP contribution in [0.4, 0.5) is 5.82 Å². The molecule has 1 N–H and O–H groups in total. The Balaban J connectivity index is 1.89. The number of nitrogens with one attached hydrogen (secondary N) is 1. The van der Waals surface area contributed by atoms with Crippen molar-refractivity contribution in [2.75, 3.05) is 11.9 Å². The van der Waals surface area contributed by atoms with Gasteiger partial charge in [0.2, 0.25) is 0 Å². The summed E-state index contributed by atoms with van der Waals surface area (Å²) in [4.78, 5) is 8.64. The van der Waals surface area contributed by atoms with Crippen LogP contribution in [-0.4, -0.2) is 28.7 Å². The Bertz CT molecular complexity index is 599. The number of benzene rings is 1. The largest absolute Gasteiger partial charge is 0.376 e. The quantitative estimate of drug-likeness (QED) is 0.934. The van der Waals surface area contributed by atoms with Gasteiger partial charge < -0.3 is 10.1 Å². The highest BCUT2D eigenvalue weighted by Gasteiger charge is 2.25. The van der Waals surface area contributed by atoms with E-state index >= 15 is 0 Å². The Morgan fingerprint density at radius 2 is 2.35 bits per heavy atom. The van der Waals surface area contributed by atoms with Crippen molar-refractivity contribution in [3.8, 4) is 0 Å². The van der Waals surface area contributed by atoms with Crippen LogP contribution in [-0.2, 0) is 4.74 Å². The molecule has 3 rings (SSSR count). The molecule has 0 radical (unpaired) electrons. The SMILES string of the molecule is CCC(Nc1ncnc2cc(Cl)ccc12)C1CCCO1. The molecule has 2 atom stereocenters. The van der Waals surface area contributed by atoms with Gasteiger partial charge >= 0.3 is 0 Å². The smallest absolute Gasteiger partial charge is 0.137 e. The van der Waals surface area contributed by atoms with Crippen molar-refractivity contribution in [2.24, 2.45) is 0 Å². The van der Waals surface area contributed by atoms with Crippen LogP contribution in [0.1, 0.15) is 26.2 Å². The van der Waals surface area contributed by atoms with Gasteiger partial charge in [-0.15, -0.1) is 0 Å². The van der Waals surface area contributed by atoms with Crippen molar-refractivity contribution in [3.05, 3.63) is 29.5 Å². The van der Waals surface area contributed by atoms with Gasteiger partial charge in [-0.1, -0.05) is 18.5 Å². The summed E-state index contributed by atoms with van der Waals surface area (Å²) < 4.78 is 5.78. The summed E-state index contributed by atoms with van der Waals surface area (Å²) in [5, 5.41) is 5.20. The molecule has 5 heteroatoms. The molecule has 2 unspecified atom stereocenters. The van der Waals surface area contributed by atoms with Gasteiger partial charge in [-0.3, -0.25) is 0 Å². The van der Waals surface area contributed by atoms with Crippen LogP contribution in [0, 0.1) is 0 Å². The molecule has 1 aliphatic heterocycles. The molecule has 1 aromatic carbocycles. The molecule has 0 spiro atoms. The summed E-state index contributed by atoms with van der Waals surface area (Å²) in [7, 11) is 0. The molecule has 0 amide bonds. The van der Waals surface area contributed by atoms with Gasteiger partial charge in [0.25, 0.3) is 0 Å². The molecule has 1 aromatic heterocycles. The maximum atomic E-state index is 6.01. The van der Waals surface area contributed by atoms with Gasteiger partial charge in [-0.2, -0.15) is 0 Å². The fourth-order valence-corrected chi connectivity index (χ4v) is 2.86. The lowest BCUT2D eigenvalue weighted by Gasteiger charge is -2.23. The first-order chi connectivity index (χ1) is 9.78. The van der Waals surface area contributed by atoms with E-state index in [-0.39, 0.29) is 12.1 Å². The second-order valence-corrected chi connectivity index (χ2v) is 5.53. The molecule has 0 aliphatic carbocycles. The molecule has 0 bridgehead atoms. The summed E-state index contributed by atoms with van der Waals surface area (Å²) in [6.07, 6.45) is 5.10. The lowest BCUT2D eigenvalue weighted by molar-refractivity contribution is 0.0943. The third kappa shape index (κ3) is 2.72. The second kappa shape index (κ2) is 5.94. The topological polar surface area (TPSA) is 47.0 Å². The van der Waals surface area contributed by atoms with E-state index in [9.17, 15) is 0 Å². The first-order valence-electron chi connectivity index (χ1n) is 7.06. The molecule has 4 nitrogen and oxygen atoms in total. The average Bonchev–Trinajstić information content (AvgIpc) is 2.98. The van der Waals surface area contributed by atoms with E-state index in [0.717, 1.165) is 42.6 Å². The van der Waals surface area contributed by atoms with Crippen LogP contribution >= 0.6 is 11.6 Å². The highest BCUT2D eigenvalue weighted by atomic mass is 35.5.